The highest BCUT2D eigenvalue weighted by Gasteiger charge is 2.08. The Balaban J connectivity index is 1.84. The second-order valence-electron chi connectivity index (χ2n) is 4.25. The maximum absolute atomic E-state index is 11.9. The van der Waals surface area contributed by atoms with E-state index in [0.29, 0.717) is 23.0 Å². The number of nitrogens with one attached hydrogen (secondary N) is 1. The average Bonchev–Trinajstić information content (AvgIpc) is 2.81. The molecule has 106 valence electrons. The molecule has 7 nitrogen and oxygen atoms in total. The molecule has 1 aromatic heterocycles. The molecular weight excluding hydrogens is 276 g/mol. The van der Waals surface area contributed by atoms with Crippen molar-refractivity contribution in [2.45, 2.75) is 18.5 Å². The number of nitrogens with two attached hydrogens (primary N) is 1. The van der Waals surface area contributed by atoms with Gasteiger partial charge in [-0.15, -0.1) is 5.10 Å². The molecule has 0 atom stereocenters. The molecule has 0 radical (unpaired) electrons. The molecule has 8 heteroatoms. The van der Waals surface area contributed by atoms with Gasteiger partial charge in [-0.3, -0.25) is 4.79 Å². The lowest BCUT2D eigenvalue weighted by Gasteiger charge is -2.09. The summed E-state index contributed by atoms with van der Waals surface area (Å²) < 4.78 is 1.57. The quantitative estimate of drug-likeness (QED) is 0.635. The topological polar surface area (TPSA) is 98.7 Å². The second kappa shape index (κ2) is 6.38. The molecule has 0 bridgehead atoms. The van der Waals surface area contributed by atoms with Crippen molar-refractivity contribution in [3.8, 4) is 0 Å². The Morgan fingerprint density at radius 1 is 1.50 bits per heavy atom. The molecule has 20 heavy (non-hydrogen) atoms. The number of hydrogen-bond donors (Lipinski definition) is 2. The van der Waals surface area contributed by atoms with Crippen LogP contribution in [0.15, 0.2) is 23.4 Å². The first-order chi connectivity index (χ1) is 9.58. The molecule has 0 aliphatic heterocycles. The van der Waals surface area contributed by atoms with Crippen LogP contribution in [0.5, 0.6) is 0 Å². The fourth-order valence-corrected chi connectivity index (χ4v) is 2.37. The number of rotatable bonds is 5. The van der Waals surface area contributed by atoms with Gasteiger partial charge in [0, 0.05) is 30.6 Å². The smallest absolute Gasteiger partial charge is 0.225 e. The van der Waals surface area contributed by atoms with E-state index in [0.717, 1.165) is 11.3 Å². The number of nitrogen functional groups attached to an aromatic ring is 1. The van der Waals surface area contributed by atoms with E-state index in [4.69, 9.17) is 5.73 Å². The summed E-state index contributed by atoms with van der Waals surface area (Å²) in [6, 6.07) is 5.46. The number of aryl methyl sites for hydroxylation is 1. The van der Waals surface area contributed by atoms with Gasteiger partial charge in [0.05, 0.1) is 0 Å². The number of aromatic nitrogens is 4. The summed E-state index contributed by atoms with van der Waals surface area (Å²) in [5.74, 6) is 0.558. The van der Waals surface area contributed by atoms with E-state index in [-0.39, 0.29) is 5.91 Å². The zero-order valence-electron chi connectivity index (χ0n) is 11.3. The van der Waals surface area contributed by atoms with Gasteiger partial charge in [-0.1, -0.05) is 17.8 Å². The first-order valence-electron chi connectivity index (χ1n) is 6.08. The van der Waals surface area contributed by atoms with Crippen molar-refractivity contribution in [2.24, 2.45) is 7.05 Å². The van der Waals surface area contributed by atoms with Gasteiger partial charge in [-0.25, -0.2) is 4.68 Å². The zero-order chi connectivity index (χ0) is 14.5. The lowest BCUT2D eigenvalue weighted by molar-refractivity contribution is -0.115. The van der Waals surface area contributed by atoms with Crippen molar-refractivity contribution in [2.75, 3.05) is 16.8 Å². The van der Waals surface area contributed by atoms with Crippen LogP contribution in [0.1, 0.15) is 12.0 Å². The van der Waals surface area contributed by atoms with Crippen molar-refractivity contribution in [1.82, 2.24) is 20.2 Å². The summed E-state index contributed by atoms with van der Waals surface area (Å²) in [5.41, 5.74) is 8.10. The molecule has 0 aliphatic rings. The lowest BCUT2D eigenvalue weighted by atomic mass is 10.1. The van der Waals surface area contributed by atoms with E-state index in [1.165, 1.54) is 11.8 Å². The van der Waals surface area contributed by atoms with Gasteiger partial charge in [0.1, 0.15) is 0 Å². The predicted octanol–water partition coefficient (Wildman–Crippen LogP) is 1.22. The normalized spacial score (nSPS) is 10.5. The highest BCUT2D eigenvalue weighted by molar-refractivity contribution is 7.99. The number of thioether (sulfide) groups is 1. The number of anilines is 2. The van der Waals surface area contributed by atoms with Crippen molar-refractivity contribution in [3.05, 3.63) is 23.8 Å². The SMILES string of the molecule is Cc1c(N)cccc1NC(=O)CCSc1nnnn1C. The number of carbonyl (C=O) groups excluding carboxylic acids is 1. The van der Waals surface area contributed by atoms with Crippen molar-refractivity contribution in [3.63, 3.8) is 0 Å². The van der Waals surface area contributed by atoms with Crippen LogP contribution in [-0.4, -0.2) is 31.9 Å². The van der Waals surface area contributed by atoms with Crippen LogP contribution in [0.2, 0.25) is 0 Å². The van der Waals surface area contributed by atoms with Gasteiger partial charge in [0.2, 0.25) is 11.1 Å². The Hall–Kier alpha value is -2.09. The Morgan fingerprint density at radius 2 is 2.30 bits per heavy atom. The summed E-state index contributed by atoms with van der Waals surface area (Å²) in [7, 11) is 1.76. The van der Waals surface area contributed by atoms with Gasteiger partial charge in [-0.05, 0) is 35.0 Å². The summed E-state index contributed by atoms with van der Waals surface area (Å²) in [6.07, 6.45) is 0.381. The first kappa shape index (κ1) is 14.3. The van der Waals surface area contributed by atoms with Crippen LogP contribution in [0.25, 0.3) is 0 Å². The molecule has 2 aromatic rings. The van der Waals surface area contributed by atoms with E-state index in [1.807, 2.05) is 25.1 Å². The van der Waals surface area contributed by atoms with Crippen molar-refractivity contribution in [1.29, 1.82) is 0 Å². The molecule has 0 unspecified atom stereocenters. The molecule has 0 saturated carbocycles. The molecular formula is C12H16N6OS. The molecule has 2 rings (SSSR count). The van der Waals surface area contributed by atoms with Crippen LogP contribution < -0.4 is 11.1 Å². The third-order valence-electron chi connectivity index (χ3n) is 2.79. The van der Waals surface area contributed by atoms with Crippen LogP contribution >= 0.6 is 11.8 Å². The Bertz CT molecular complexity index is 612. The highest BCUT2D eigenvalue weighted by atomic mass is 32.2. The number of hydrogen-bond acceptors (Lipinski definition) is 6. The number of benzene rings is 1. The molecule has 0 spiro atoms. The number of amides is 1. The minimum Gasteiger partial charge on any atom is -0.398 e. The van der Waals surface area contributed by atoms with Gasteiger partial charge >= 0.3 is 0 Å². The summed E-state index contributed by atoms with van der Waals surface area (Å²) >= 11 is 1.44. The van der Waals surface area contributed by atoms with E-state index in [9.17, 15) is 4.79 Å². The fourth-order valence-electron chi connectivity index (χ4n) is 1.58. The average molecular weight is 292 g/mol. The Kier molecular flexibility index (Phi) is 4.57. The van der Waals surface area contributed by atoms with E-state index in [2.05, 4.69) is 20.8 Å². The largest absolute Gasteiger partial charge is 0.398 e. The third-order valence-corrected chi connectivity index (χ3v) is 3.80. The van der Waals surface area contributed by atoms with Crippen LogP contribution in [0.3, 0.4) is 0 Å². The summed E-state index contributed by atoms with van der Waals surface area (Å²) in [5, 5.41) is 14.6. The molecule has 1 heterocycles. The number of tetrazole rings is 1. The van der Waals surface area contributed by atoms with Crippen LogP contribution in [-0.2, 0) is 11.8 Å². The van der Waals surface area contributed by atoms with Gasteiger partial charge in [0.15, 0.2) is 0 Å². The molecule has 0 saturated heterocycles. The molecule has 0 fully saturated rings. The zero-order valence-corrected chi connectivity index (χ0v) is 12.1. The fraction of sp³-hybridized carbons (Fsp3) is 0.333. The summed E-state index contributed by atoms with van der Waals surface area (Å²) in [4.78, 5) is 11.9. The Morgan fingerprint density at radius 3 is 3.00 bits per heavy atom. The lowest BCUT2D eigenvalue weighted by Crippen LogP contribution is -2.13. The first-order valence-corrected chi connectivity index (χ1v) is 7.06. The maximum atomic E-state index is 11.9. The molecule has 0 aliphatic carbocycles. The van der Waals surface area contributed by atoms with Gasteiger partial charge < -0.3 is 11.1 Å². The monoisotopic (exact) mass is 292 g/mol. The second-order valence-corrected chi connectivity index (χ2v) is 5.31. The van der Waals surface area contributed by atoms with Crippen molar-refractivity contribution < 1.29 is 4.79 Å². The molecule has 1 aromatic carbocycles. The minimum absolute atomic E-state index is 0.0543. The van der Waals surface area contributed by atoms with E-state index >= 15 is 0 Å². The summed E-state index contributed by atoms with van der Waals surface area (Å²) in [6.45, 7) is 1.88. The standard InChI is InChI=1S/C12H16N6OS/c1-8-9(13)4-3-5-10(8)14-11(19)6-7-20-12-15-16-17-18(12)2/h3-5H,6-7,13H2,1-2H3,(H,14,19). The molecule has 3 N–H and O–H groups in total. The van der Waals surface area contributed by atoms with E-state index in [1.54, 1.807) is 11.7 Å². The van der Waals surface area contributed by atoms with Crippen LogP contribution in [0, 0.1) is 6.92 Å². The van der Waals surface area contributed by atoms with Crippen molar-refractivity contribution >= 4 is 29.0 Å². The maximum Gasteiger partial charge on any atom is 0.225 e. The van der Waals surface area contributed by atoms with Gasteiger partial charge in [0.25, 0.3) is 0 Å². The number of nitrogens with zero attached hydrogens (tertiary/aromatic N) is 4. The third kappa shape index (κ3) is 3.47. The minimum atomic E-state index is -0.0543. The number of carbonyl (C=O) groups is 1. The van der Waals surface area contributed by atoms with Gasteiger partial charge in [-0.2, -0.15) is 0 Å². The Labute approximate surface area is 120 Å². The van der Waals surface area contributed by atoms with Crippen LogP contribution in [0.4, 0.5) is 11.4 Å². The van der Waals surface area contributed by atoms with E-state index < -0.39 is 0 Å². The molecule has 1 amide bonds. The highest BCUT2D eigenvalue weighted by Crippen LogP contribution is 2.21. The predicted molar refractivity (Wildman–Crippen MR) is 78.4 cm³/mol.